The maximum atomic E-state index is 12.6. The lowest BCUT2D eigenvalue weighted by Crippen LogP contribution is -2.42. The van der Waals surface area contributed by atoms with Crippen LogP contribution in [-0.4, -0.2) is 36.5 Å². The molecule has 1 N–H and O–H groups in total. The number of hydrogen-bond acceptors (Lipinski definition) is 4. The smallest absolute Gasteiger partial charge is 0.251 e. The Hall–Kier alpha value is -3.31. The van der Waals surface area contributed by atoms with Gasteiger partial charge in [-0.1, -0.05) is 51.1 Å². The average molecular weight is 473 g/mol. The minimum atomic E-state index is -0.117. The van der Waals surface area contributed by atoms with Gasteiger partial charge >= 0.3 is 0 Å². The van der Waals surface area contributed by atoms with Gasteiger partial charge in [-0.25, -0.2) is 0 Å². The first-order valence-corrected chi connectivity index (χ1v) is 12.4. The van der Waals surface area contributed by atoms with Gasteiger partial charge in [0.1, 0.15) is 23.4 Å². The van der Waals surface area contributed by atoms with E-state index in [0.717, 1.165) is 49.5 Å². The molecule has 1 fully saturated rings. The molecule has 0 aliphatic carbocycles. The molecule has 5 nitrogen and oxygen atoms in total. The lowest BCUT2D eigenvalue weighted by molar-refractivity contribution is 0.0810. The summed E-state index contributed by atoms with van der Waals surface area (Å²) in [5.74, 6) is 2.21. The Morgan fingerprint density at radius 1 is 0.886 bits per heavy atom. The summed E-state index contributed by atoms with van der Waals surface area (Å²) < 4.78 is 12.1. The van der Waals surface area contributed by atoms with Crippen LogP contribution in [0.1, 0.15) is 49.5 Å². The van der Waals surface area contributed by atoms with E-state index in [9.17, 15) is 4.79 Å². The van der Waals surface area contributed by atoms with E-state index in [1.54, 1.807) is 12.1 Å². The van der Waals surface area contributed by atoms with Crippen LogP contribution in [0.15, 0.2) is 78.9 Å². The number of rotatable bonds is 8. The molecule has 0 bridgehead atoms. The number of para-hydroxylation sites is 1. The summed E-state index contributed by atoms with van der Waals surface area (Å²) in [6.07, 6.45) is 2.33. The maximum Gasteiger partial charge on any atom is 0.251 e. The highest BCUT2D eigenvalue weighted by Gasteiger charge is 2.24. The van der Waals surface area contributed by atoms with Crippen LogP contribution in [0, 0.1) is 5.41 Å². The van der Waals surface area contributed by atoms with Crippen molar-refractivity contribution >= 4 is 5.91 Å². The summed E-state index contributed by atoms with van der Waals surface area (Å²) in [5.41, 5.74) is 1.94. The summed E-state index contributed by atoms with van der Waals surface area (Å²) in [4.78, 5) is 15.2. The molecule has 0 unspecified atom stereocenters. The quantitative estimate of drug-likeness (QED) is 0.418. The Bertz CT molecular complexity index is 1080. The van der Waals surface area contributed by atoms with Gasteiger partial charge in [0, 0.05) is 31.7 Å². The van der Waals surface area contributed by atoms with E-state index in [0.29, 0.717) is 23.3 Å². The molecular weight excluding hydrogens is 436 g/mol. The summed E-state index contributed by atoms with van der Waals surface area (Å²) in [7, 11) is 0. The average Bonchev–Trinajstić information content (AvgIpc) is 2.84. The van der Waals surface area contributed by atoms with Gasteiger partial charge < -0.3 is 19.7 Å². The van der Waals surface area contributed by atoms with Gasteiger partial charge in [-0.15, -0.1) is 0 Å². The summed E-state index contributed by atoms with van der Waals surface area (Å²) >= 11 is 0. The van der Waals surface area contributed by atoms with E-state index in [2.05, 4.69) is 31.0 Å². The fourth-order valence-corrected chi connectivity index (χ4v) is 4.36. The Kier molecular flexibility index (Phi) is 8.09. The van der Waals surface area contributed by atoms with E-state index < -0.39 is 0 Å². The van der Waals surface area contributed by atoms with Gasteiger partial charge in [0.25, 0.3) is 5.91 Å². The van der Waals surface area contributed by atoms with Crippen molar-refractivity contribution in [2.45, 2.75) is 46.3 Å². The second kappa shape index (κ2) is 11.4. The van der Waals surface area contributed by atoms with Gasteiger partial charge in [-0.05, 0) is 72.4 Å². The van der Waals surface area contributed by atoms with Crippen molar-refractivity contribution in [1.82, 2.24) is 10.2 Å². The van der Waals surface area contributed by atoms with Crippen LogP contribution in [0.25, 0.3) is 0 Å². The number of ether oxygens (including phenoxy) is 2. The highest BCUT2D eigenvalue weighted by Crippen LogP contribution is 2.24. The first-order valence-electron chi connectivity index (χ1n) is 12.4. The molecule has 1 aliphatic heterocycles. The predicted molar refractivity (Wildman–Crippen MR) is 140 cm³/mol. The van der Waals surface area contributed by atoms with Gasteiger partial charge in [0.2, 0.25) is 0 Å². The second-order valence-electron chi connectivity index (χ2n) is 10.4. The SMILES string of the molecule is CC(C)(C)CN1CCC(Oc2cccc(CNC(=O)c3ccc(Oc4ccccc4)cc3)c2)CC1. The van der Waals surface area contributed by atoms with Crippen LogP contribution >= 0.6 is 0 Å². The lowest BCUT2D eigenvalue weighted by atomic mass is 9.94. The minimum Gasteiger partial charge on any atom is -0.490 e. The third-order valence-electron chi connectivity index (χ3n) is 5.98. The van der Waals surface area contributed by atoms with Gasteiger partial charge in [-0.3, -0.25) is 4.79 Å². The van der Waals surface area contributed by atoms with Gasteiger partial charge in [0.05, 0.1) is 0 Å². The molecule has 1 aliphatic rings. The zero-order valence-corrected chi connectivity index (χ0v) is 21.0. The van der Waals surface area contributed by atoms with E-state index >= 15 is 0 Å². The highest BCUT2D eigenvalue weighted by molar-refractivity contribution is 5.94. The zero-order chi connectivity index (χ0) is 24.7. The monoisotopic (exact) mass is 472 g/mol. The fraction of sp³-hybridized carbons (Fsp3) is 0.367. The molecule has 1 heterocycles. The predicted octanol–water partition coefficient (Wildman–Crippen LogP) is 6.30. The Balaban J connectivity index is 1.25. The Labute approximate surface area is 209 Å². The van der Waals surface area contributed by atoms with Gasteiger partial charge in [-0.2, -0.15) is 0 Å². The number of hydrogen-bond donors (Lipinski definition) is 1. The fourth-order valence-electron chi connectivity index (χ4n) is 4.36. The molecule has 35 heavy (non-hydrogen) atoms. The molecule has 0 radical (unpaired) electrons. The van der Waals surface area contributed by atoms with Crippen LogP contribution in [0.5, 0.6) is 17.2 Å². The number of nitrogens with one attached hydrogen (secondary N) is 1. The van der Waals surface area contributed by atoms with Gasteiger partial charge in [0.15, 0.2) is 0 Å². The summed E-state index contributed by atoms with van der Waals surface area (Å²) in [6.45, 7) is 10.6. The number of piperidine rings is 1. The van der Waals surface area contributed by atoms with Crippen LogP contribution in [0.4, 0.5) is 0 Å². The van der Waals surface area contributed by atoms with E-state index in [1.807, 2.05) is 66.7 Å². The van der Waals surface area contributed by atoms with Crippen LogP contribution in [0.3, 0.4) is 0 Å². The van der Waals surface area contributed by atoms with Crippen molar-refractivity contribution in [2.75, 3.05) is 19.6 Å². The van der Waals surface area contributed by atoms with Crippen molar-refractivity contribution in [1.29, 1.82) is 0 Å². The number of carbonyl (C=O) groups is 1. The summed E-state index contributed by atoms with van der Waals surface area (Å²) in [6, 6.07) is 24.8. The lowest BCUT2D eigenvalue weighted by Gasteiger charge is -2.36. The molecule has 4 rings (SSSR count). The molecule has 1 saturated heterocycles. The number of carbonyl (C=O) groups excluding carboxylic acids is 1. The van der Waals surface area contributed by atoms with Crippen molar-refractivity contribution < 1.29 is 14.3 Å². The maximum absolute atomic E-state index is 12.6. The Morgan fingerprint density at radius 2 is 1.54 bits per heavy atom. The molecule has 5 heteroatoms. The minimum absolute atomic E-state index is 0.117. The van der Waals surface area contributed by atoms with Crippen molar-refractivity contribution in [3.8, 4) is 17.2 Å². The van der Waals surface area contributed by atoms with Crippen molar-refractivity contribution in [3.63, 3.8) is 0 Å². The first-order chi connectivity index (χ1) is 16.8. The zero-order valence-electron chi connectivity index (χ0n) is 21.0. The summed E-state index contributed by atoms with van der Waals surface area (Å²) in [5, 5.41) is 3.00. The topological polar surface area (TPSA) is 50.8 Å². The Morgan fingerprint density at radius 3 is 2.23 bits per heavy atom. The van der Waals surface area contributed by atoms with Crippen LogP contribution < -0.4 is 14.8 Å². The molecular formula is C30H36N2O3. The molecule has 0 saturated carbocycles. The number of likely N-dealkylation sites (tertiary alicyclic amines) is 1. The molecule has 0 atom stereocenters. The largest absolute Gasteiger partial charge is 0.490 e. The number of nitrogens with zero attached hydrogens (tertiary/aromatic N) is 1. The molecule has 184 valence electrons. The molecule has 0 spiro atoms. The highest BCUT2D eigenvalue weighted by atomic mass is 16.5. The van der Waals surface area contributed by atoms with Crippen LogP contribution in [-0.2, 0) is 6.54 Å². The first kappa shape index (κ1) is 24.8. The third kappa shape index (κ3) is 7.86. The third-order valence-corrected chi connectivity index (χ3v) is 5.98. The molecule has 3 aromatic carbocycles. The molecule has 0 aromatic heterocycles. The van der Waals surface area contributed by atoms with Crippen molar-refractivity contribution in [3.05, 3.63) is 90.0 Å². The standard InChI is InChI=1S/C30H36N2O3/c1-30(2,3)22-32-18-16-27(17-19-32)35-28-11-7-8-23(20-28)21-31-29(33)24-12-14-26(15-13-24)34-25-9-5-4-6-10-25/h4-15,20,27H,16-19,21-22H2,1-3H3,(H,31,33). The van der Waals surface area contributed by atoms with E-state index in [1.165, 1.54) is 0 Å². The molecule has 1 amide bonds. The normalized spacial score (nSPS) is 14.9. The second-order valence-corrected chi connectivity index (χ2v) is 10.4. The number of benzene rings is 3. The van der Waals surface area contributed by atoms with Crippen LogP contribution in [0.2, 0.25) is 0 Å². The van der Waals surface area contributed by atoms with E-state index in [4.69, 9.17) is 9.47 Å². The van der Waals surface area contributed by atoms with E-state index in [-0.39, 0.29) is 12.0 Å². The number of amides is 1. The van der Waals surface area contributed by atoms with Crippen molar-refractivity contribution in [2.24, 2.45) is 5.41 Å². The molecule has 3 aromatic rings.